The van der Waals surface area contributed by atoms with Gasteiger partial charge in [-0.05, 0) is 54.3 Å². The van der Waals surface area contributed by atoms with E-state index in [1.807, 2.05) is 24.3 Å². The van der Waals surface area contributed by atoms with Crippen molar-refractivity contribution in [3.8, 4) is 11.3 Å². The van der Waals surface area contributed by atoms with Crippen molar-refractivity contribution in [3.05, 3.63) is 105 Å². The molecule has 1 aromatic heterocycles. The summed E-state index contributed by atoms with van der Waals surface area (Å²) in [5, 5.41) is 10.9. The first-order valence-electron chi connectivity index (χ1n) is 10.3. The Kier molecular flexibility index (Phi) is 5.34. The number of aromatic nitrogens is 1. The molecular weight excluding hydrogens is 422 g/mol. The SMILES string of the molecule is Cc1ccc(C2=NN(c3nc(-c4ccc(Cl)cc4)cs3)C(c3ccccc3)C2)cc1C. The number of anilines is 1. The van der Waals surface area contributed by atoms with Crippen LogP contribution in [0.15, 0.2) is 83.3 Å². The molecule has 0 saturated heterocycles. The molecule has 0 spiro atoms. The highest BCUT2D eigenvalue weighted by Gasteiger charge is 2.31. The molecule has 1 aliphatic rings. The minimum Gasteiger partial charge on any atom is -0.231 e. The molecule has 4 aromatic rings. The molecule has 0 radical (unpaired) electrons. The number of aryl methyl sites for hydroxylation is 2. The smallest absolute Gasteiger partial charge is 0.207 e. The van der Waals surface area contributed by atoms with Gasteiger partial charge in [-0.1, -0.05) is 66.2 Å². The van der Waals surface area contributed by atoms with E-state index in [4.69, 9.17) is 21.7 Å². The van der Waals surface area contributed by atoms with Gasteiger partial charge in [0, 0.05) is 22.4 Å². The maximum atomic E-state index is 6.05. The highest BCUT2D eigenvalue weighted by molar-refractivity contribution is 7.14. The van der Waals surface area contributed by atoms with Crippen molar-refractivity contribution in [2.24, 2.45) is 5.10 Å². The van der Waals surface area contributed by atoms with Crippen LogP contribution in [-0.2, 0) is 0 Å². The molecule has 5 heteroatoms. The lowest BCUT2D eigenvalue weighted by molar-refractivity contribution is 0.706. The van der Waals surface area contributed by atoms with E-state index < -0.39 is 0 Å². The molecule has 0 fully saturated rings. The fraction of sp³-hybridized carbons (Fsp3) is 0.154. The number of halogens is 1. The molecule has 0 aliphatic carbocycles. The molecule has 3 nitrogen and oxygen atoms in total. The standard InChI is InChI=1S/C26H22ClN3S/c1-17-8-9-21(14-18(17)2)23-15-25(20-6-4-3-5-7-20)30(29-23)26-28-24(16-31-26)19-10-12-22(27)13-11-19/h3-14,16,25H,15H2,1-2H3. The molecule has 1 atom stereocenters. The van der Waals surface area contributed by atoms with Crippen LogP contribution in [0.1, 0.15) is 34.7 Å². The lowest BCUT2D eigenvalue weighted by atomic mass is 9.97. The predicted molar refractivity (Wildman–Crippen MR) is 131 cm³/mol. The summed E-state index contributed by atoms with van der Waals surface area (Å²) in [6.07, 6.45) is 0.850. The van der Waals surface area contributed by atoms with Gasteiger partial charge in [0.15, 0.2) is 0 Å². The maximum Gasteiger partial charge on any atom is 0.207 e. The van der Waals surface area contributed by atoms with Crippen molar-refractivity contribution >= 4 is 33.8 Å². The van der Waals surface area contributed by atoms with Crippen LogP contribution in [0.3, 0.4) is 0 Å². The summed E-state index contributed by atoms with van der Waals surface area (Å²) in [7, 11) is 0. The van der Waals surface area contributed by atoms with Gasteiger partial charge >= 0.3 is 0 Å². The molecule has 154 valence electrons. The minimum absolute atomic E-state index is 0.127. The van der Waals surface area contributed by atoms with Gasteiger partial charge in [-0.15, -0.1) is 11.3 Å². The van der Waals surface area contributed by atoms with Crippen molar-refractivity contribution < 1.29 is 0 Å². The van der Waals surface area contributed by atoms with Crippen molar-refractivity contribution in [2.75, 3.05) is 5.01 Å². The molecule has 31 heavy (non-hydrogen) atoms. The van der Waals surface area contributed by atoms with Crippen molar-refractivity contribution in [2.45, 2.75) is 26.3 Å². The topological polar surface area (TPSA) is 28.5 Å². The van der Waals surface area contributed by atoms with E-state index >= 15 is 0 Å². The van der Waals surface area contributed by atoms with Crippen LogP contribution in [0, 0.1) is 13.8 Å². The van der Waals surface area contributed by atoms with Crippen LogP contribution in [0.25, 0.3) is 11.3 Å². The number of hydrazone groups is 1. The van der Waals surface area contributed by atoms with Gasteiger partial charge in [-0.3, -0.25) is 0 Å². The van der Waals surface area contributed by atoms with Gasteiger partial charge < -0.3 is 0 Å². The third-order valence-corrected chi connectivity index (χ3v) is 6.85. The highest BCUT2D eigenvalue weighted by atomic mass is 35.5. The zero-order valence-electron chi connectivity index (χ0n) is 17.4. The fourth-order valence-corrected chi connectivity index (χ4v) is 4.80. The summed E-state index contributed by atoms with van der Waals surface area (Å²) in [5.41, 5.74) is 8.11. The van der Waals surface area contributed by atoms with Crippen molar-refractivity contribution in [1.82, 2.24) is 4.98 Å². The second-order valence-corrected chi connectivity index (χ2v) is 9.12. The zero-order valence-corrected chi connectivity index (χ0v) is 19.0. The number of thiazole rings is 1. The summed E-state index contributed by atoms with van der Waals surface area (Å²) < 4.78 is 0. The molecule has 0 saturated carbocycles. The average Bonchev–Trinajstić information content (AvgIpc) is 3.44. The molecule has 2 heterocycles. The monoisotopic (exact) mass is 443 g/mol. The van der Waals surface area contributed by atoms with Crippen LogP contribution in [0.4, 0.5) is 5.13 Å². The lowest BCUT2D eigenvalue weighted by Gasteiger charge is -2.21. The van der Waals surface area contributed by atoms with Gasteiger partial charge in [0.05, 0.1) is 17.4 Å². The largest absolute Gasteiger partial charge is 0.231 e. The Bertz CT molecular complexity index is 1250. The van der Waals surface area contributed by atoms with Crippen LogP contribution in [0.5, 0.6) is 0 Å². The van der Waals surface area contributed by atoms with Gasteiger partial charge in [0.1, 0.15) is 0 Å². The van der Waals surface area contributed by atoms with Gasteiger partial charge in [0.25, 0.3) is 0 Å². The van der Waals surface area contributed by atoms with E-state index in [9.17, 15) is 0 Å². The van der Waals surface area contributed by atoms with E-state index in [0.717, 1.165) is 33.5 Å². The molecular formula is C26H22ClN3S. The minimum atomic E-state index is 0.127. The summed E-state index contributed by atoms with van der Waals surface area (Å²) in [4.78, 5) is 4.92. The second-order valence-electron chi connectivity index (χ2n) is 7.84. The number of hydrogen-bond donors (Lipinski definition) is 0. The number of benzene rings is 3. The Morgan fingerprint density at radius 1 is 0.903 bits per heavy atom. The van der Waals surface area contributed by atoms with E-state index in [1.54, 1.807) is 11.3 Å². The first-order chi connectivity index (χ1) is 15.1. The quantitative estimate of drug-likeness (QED) is 0.328. The predicted octanol–water partition coefficient (Wildman–Crippen LogP) is 7.44. The Morgan fingerprint density at radius 2 is 1.65 bits per heavy atom. The lowest BCUT2D eigenvalue weighted by Crippen LogP contribution is -2.18. The average molecular weight is 444 g/mol. The fourth-order valence-electron chi connectivity index (χ4n) is 3.84. The summed E-state index contributed by atoms with van der Waals surface area (Å²) in [5.74, 6) is 0. The summed E-state index contributed by atoms with van der Waals surface area (Å²) in [6, 6.07) is 25.1. The third-order valence-electron chi connectivity index (χ3n) is 5.76. The molecule has 5 rings (SSSR count). The first-order valence-corrected chi connectivity index (χ1v) is 11.5. The zero-order chi connectivity index (χ0) is 21.4. The van der Waals surface area contributed by atoms with Crippen LogP contribution < -0.4 is 5.01 Å². The van der Waals surface area contributed by atoms with E-state index in [2.05, 4.69) is 72.8 Å². The molecule has 1 unspecified atom stereocenters. The normalized spacial score (nSPS) is 15.9. The number of hydrogen-bond acceptors (Lipinski definition) is 4. The Labute approximate surface area is 191 Å². The first kappa shape index (κ1) is 20.0. The Morgan fingerprint density at radius 3 is 2.39 bits per heavy atom. The van der Waals surface area contributed by atoms with Crippen LogP contribution >= 0.6 is 22.9 Å². The second kappa shape index (κ2) is 8.29. The van der Waals surface area contributed by atoms with Crippen LogP contribution in [-0.4, -0.2) is 10.7 Å². The van der Waals surface area contributed by atoms with E-state index in [1.165, 1.54) is 22.3 Å². The van der Waals surface area contributed by atoms with E-state index in [0.29, 0.717) is 0 Å². The molecule has 0 N–H and O–H groups in total. The highest BCUT2D eigenvalue weighted by Crippen LogP contribution is 2.39. The summed E-state index contributed by atoms with van der Waals surface area (Å²) >= 11 is 7.67. The number of rotatable bonds is 4. The maximum absolute atomic E-state index is 6.05. The Hall–Kier alpha value is -2.95. The Balaban J connectivity index is 1.53. The third kappa shape index (κ3) is 4.01. The molecule has 0 amide bonds. The number of nitrogens with zero attached hydrogens (tertiary/aromatic N) is 3. The van der Waals surface area contributed by atoms with Crippen molar-refractivity contribution in [1.29, 1.82) is 0 Å². The van der Waals surface area contributed by atoms with Crippen molar-refractivity contribution in [3.63, 3.8) is 0 Å². The van der Waals surface area contributed by atoms with E-state index in [-0.39, 0.29) is 6.04 Å². The van der Waals surface area contributed by atoms with Gasteiger partial charge in [-0.2, -0.15) is 5.10 Å². The molecule has 3 aromatic carbocycles. The van der Waals surface area contributed by atoms with Gasteiger partial charge in [-0.25, -0.2) is 9.99 Å². The molecule has 0 bridgehead atoms. The van der Waals surface area contributed by atoms with Crippen LogP contribution in [0.2, 0.25) is 5.02 Å². The molecule has 1 aliphatic heterocycles. The summed E-state index contributed by atoms with van der Waals surface area (Å²) in [6.45, 7) is 4.29. The van der Waals surface area contributed by atoms with Gasteiger partial charge in [0.2, 0.25) is 5.13 Å².